The van der Waals surface area contributed by atoms with Gasteiger partial charge in [-0.1, -0.05) is 42.5 Å². The highest BCUT2D eigenvalue weighted by molar-refractivity contribution is 6.44. The van der Waals surface area contributed by atoms with Gasteiger partial charge in [0.2, 0.25) is 0 Å². The molecule has 152 valence electrons. The first-order chi connectivity index (χ1) is 14.0. The summed E-state index contributed by atoms with van der Waals surface area (Å²) in [5, 5.41) is 2.52. The summed E-state index contributed by atoms with van der Waals surface area (Å²) in [6, 6.07) is 14.0. The third-order valence-electron chi connectivity index (χ3n) is 5.68. The smallest absolute Gasteiger partial charge is 0.297 e. The molecule has 0 aliphatic carbocycles. The van der Waals surface area contributed by atoms with Gasteiger partial charge in [-0.05, 0) is 30.2 Å². The molecule has 4 amide bonds. The van der Waals surface area contributed by atoms with Gasteiger partial charge in [0, 0.05) is 38.8 Å². The summed E-state index contributed by atoms with van der Waals surface area (Å²) in [5.74, 6) is -1.44. The fourth-order valence-corrected chi connectivity index (χ4v) is 4.06. The number of imide groups is 2. The highest BCUT2D eigenvalue weighted by atomic mass is 16.2. The molecule has 2 aliphatic heterocycles. The number of benzene rings is 2. The summed E-state index contributed by atoms with van der Waals surface area (Å²) in [6.07, 6.45) is 0. The van der Waals surface area contributed by atoms with E-state index >= 15 is 0 Å². The predicted molar refractivity (Wildman–Crippen MR) is 110 cm³/mol. The Bertz CT molecular complexity index is 945. The zero-order valence-corrected chi connectivity index (χ0v) is 16.9. The van der Waals surface area contributed by atoms with Crippen LogP contribution in [0.2, 0.25) is 0 Å². The Kier molecular flexibility index (Phi) is 5.34. The maximum absolute atomic E-state index is 12.4. The molecule has 0 radical (unpaired) electrons. The number of carbonyl (C=O) groups is 3. The van der Waals surface area contributed by atoms with Crippen LogP contribution in [0.25, 0.3) is 10.8 Å². The number of piperazine rings is 1. The van der Waals surface area contributed by atoms with Crippen molar-refractivity contribution in [3.8, 4) is 0 Å². The average Bonchev–Trinajstić information content (AvgIpc) is 2.93. The zero-order chi connectivity index (χ0) is 20.5. The van der Waals surface area contributed by atoms with Crippen LogP contribution in [0.5, 0.6) is 0 Å². The van der Waals surface area contributed by atoms with Crippen LogP contribution in [0.3, 0.4) is 0 Å². The van der Waals surface area contributed by atoms with E-state index in [-0.39, 0.29) is 12.7 Å². The summed E-state index contributed by atoms with van der Waals surface area (Å²) in [7, 11) is 0. The van der Waals surface area contributed by atoms with Gasteiger partial charge in [-0.3, -0.25) is 24.3 Å². The molecule has 7 nitrogen and oxygen atoms in total. The molecule has 2 saturated heterocycles. The molecule has 0 bridgehead atoms. The summed E-state index contributed by atoms with van der Waals surface area (Å²) < 4.78 is 0. The first kappa shape index (κ1) is 19.5. The molecule has 0 unspecified atom stereocenters. The van der Waals surface area contributed by atoms with Crippen LogP contribution in [0, 0.1) is 0 Å². The van der Waals surface area contributed by atoms with Crippen molar-refractivity contribution in [3.05, 3.63) is 48.0 Å². The largest absolute Gasteiger partial charge is 0.335 e. The van der Waals surface area contributed by atoms with Gasteiger partial charge < -0.3 is 0 Å². The van der Waals surface area contributed by atoms with E-state index in [0.717, 1.165) is 42.5 Å². The van der Waals surface area contributed by atoms with Gasteiger partial charge in [0.05, 0.1) is 6.67 Å². The lowest BCUT2D eigenvalue weighted by Gasteiger charge is -2.36. The molecule has 4 rings (SSSR count). The minimum Gasteiger partial charge on any atom is -0.297 e. The van der Waals surface area contributed by atoms with Crippen molar-refractivity contribution in [1.29, 1.82) is 0 Å². The molecule has 2 aliphatic rings. The van der Waals surface area contributed by atoms with Gasteiger partial charge in [-0.25, -0.2) is 9.69 Å². The van der Waals surface area contributed by atoms with Gasteiger partial charge in [-0.15, -0.1) is 0 Å². The first-order valence-electron chi connectivity index (χ1n) is 10.1. The van der Waals surface area contributed by atoms with E-state index in [4.69, 9.17) is 0 Å². The summed E-state index contributed by atoms with van der Waals surface area (Å²) in [4.78, 5) is 43.3. The van der Waals surface area contributed by atoms with Crippen LogP contribution in [-0.4, -0.2) is 76.3 Å². The molecule has 0 saturated carbocycles. The van der Waals surface area contributed by atoms with Crippen LogP contribution in [0.15, 0.2) is 42.5 Å². The first-order valence-corrected chi connectivity index (χ1v) is 10.1. The molecule has 29 heavy (non-hydrogen) atoms. The highest BCUT2D eigenvalue weighted by Gasteiger charge is 2.46. The minimum absolute atomic E-state index is 0.175. The number of amides is 4. The Hall–Kier alpha value is -2.77. The lowest BCUT2D eigenvalue weighted by Crippen LogP contribution is -2.51. The number of fused-ring (bicyclic) bond motifs is 1. The summed E-state index contributed by atoms with van der Waals surface area (Å²) in [5.41, 5.74) is 1.31. The van der Waals surface area contributed by atoms with E-state index in [0.29, 0.717) is 0 Å². The van der Waals surface area contributed by atoms with Gasteiger partial charge in [-0.2, -0.15) is 0 Å². The number of hydrogen-bond donors (Lipinski definition) is 0. The topological polar surface area (TPSA) is 64.2 Å². The van der Waals surface area contributed by atoms with Crippen molar-refractivity contribution in [3.63, 3.8) is 0 Å². The SMILES string of the molecule is CC(C)N1C(=O)C(=O)N(CN2CCN(Cc3cccc4ccccc34)CC2)C1=O. The van der Waals surface area contributed by atoms with Crippen LogP contribution in [0.4, 0.5) is 4.79 Å². The van der Waals surface area contributed by atoms with E-state index in [1.54, 1.807) is 13.8 Å². The second kappa shape index (κ2) is 7.93. The standard InChI is InChI=1S/C22H26N4O3/c1-16(2)26-21(28)20(27)25(22(26)29)15-24-12-10-23(11-13-24)14-18-8-5-7-17-6-3-4-9-19(17)18/h3-9,16H,10-15H2,1-2H3. The average molecular weight is 394 g/mol. The number of nitrogens with zero attached hydrogens (tertiary/aromatic N) is 4. The van der Waals surface area contributed by atoms with Crippen molar-refractivity contribution in [2.24, 2.45) is 0 Å². The van der Waals surface area contributed by atoms with Crippen LogP contribution >= 0.6 is 0 Å². The van der Waals surface area contributed by atoms with Crippen molar-refractivity contribution >= 4 is 28.6 Å². The van der Waals surface area contributed by atoms with Gasteiger partial charge in [0.25, 0.3) is 0 Å². The van der Waals surface area contributed by atoms with E-state index in [2.05, 4.69) is 52.3 Å². The summed E-state index contributed by atoms with van der Waals surface area (Å²) >= 11 is 0. The van der Waals surface area contributed by atoms with Crippen molar-refractivity contribution in [2.75, 3.05) is 32.8 Å². The second-order valence-corrected chi connectivity index (χ2v) is 7.96. The highest BCUT2D eigenvalue weighted by Crippen LogP contribution is 2.21. The third-order valence-corrected chi connectivity index (χ3v) is 5.68. The van der Waals surface area contributed by atoms with E-state index in [1.807, 2.05) is 0 Å². The zero-order valence-electron chi connectivity index (χ0n) is 16.9. The Morgan fingerprint density at radius 3 is 2.17 bits per heavy atom. The van der Waals surface area contributed by atoms with Gasteiger partial charge in [0.1, 0.15) is 0 Å². The molecular weight excluding hydrogens is 368 g/mol. The fraction of sp³-hybridized carbons (Fsp3) is 0.409. The lowest BCUT2D eigenvalue weighted by atomic mass is 10.0. The predicted octanol–water partition coefficient (Wildman–Crippen LogP) is 2.11. The van der Waals surface area contributed by atoms with Crippen LogP contribution in [0.1, 0.15) is 19.4 Å². The van der Waals surface area contributed by atoms with Gasteiger partial charge >= 0.3 is 17.8 Å². The van der Waals surface area contributed by atoms with E-state index in [9.17, 15) is 14.4 Å². The maximum atomic E-state index is 12.4. The monoisotopic (exact) mass is 394 g/mol. The Balaban J connectivity index is 1.36. The normalized spacial score (nSPS) is 19.2. The van der Waals surface area contributed by atoms with E-state index in [1.165, 1.54) is 16.3 Å². The second-order valence-electron chi connectivity index (χ2n) is 7.96. The Morgan fingerprint density at radius 2 is 1.48 bits per heavy atom. The molecular formula is C22H26N4O3. The maximum Gasteiger partial charge on any atom is 0.335 e. The Morgan fingerprint density at radius 1 is 0.828 bits per heavy atom. The Labute approximate surface area is 170 Å². The molecule has 2 heterocycles. The van der Waals surface area contributed by atoms with Gasteiger partial charge in [0.15, 0.2) is 0 Å². The molecule has 0 aromatic heterocycles. The van der Waals surface area contributed by atoms with Crippen LogP contribution < -0.4 is 0 Å². The number of rotatable bonds is 5. The van der Waals surface area contributed by atoms with Crippen molar-refractivity contribution in [2.45, 2.75) is 26.4 Å². The fourth-order valence-electron chi connectivity index (χ4n) is 4.06. The van der Waals surface area contributed by atoms with Crippen molar-refractivity contribution in [1.82, 2.24) is 19.6 Å². The quantitative estimate of drug-likeness (QED) is 0.574. The summed E-state index contributed by atoms with van der Waals surface area (Å²) in [6.45, 7) is 7.71. The molecule has 0 atom stereocenters. The molecule has 2 fully saturated rings. The molecule has 0 spiro atoms. The molecule has 2 aromatic rings. The molecule has 2 aromatic carbocycles. The number of hydrogen-bond acceptors (Lipinski definition) is 5. The minimum atomic E-state index is -0.723. The van der Waals surface area contributed by atoms with Crippen LogP contribution in [-0.2, 0) is 16.1 Å². The number of carbonyl (C=O) groups excluding carboxylic acids is 3. The number of urea groups is 1. The molecule has 7 heteroatoms. The van der Waals surface area contributed by atoms with E-state index < -0.39 is 17.8 Å². The van der Waals surface area contributed by atoms with Crippen molar-refractivity contribution < 1.29 is 14.4 Å². The third kappa shape index (κ3) is 3.75. The lowest BCUT2D eigenvalue weighted by molar-refractivity contribution is -0.144. The molecule has 0 N–H and O–H groups in total.